The number of oxazole rings is 1. The highest BCUT2D eigenvalue weighted by atomic mass is 35.5. The minimum atomic E-state index is -0.0264. The summed E-state index contributed by atoms with van der Waals surface area (Å²) in [5.74, 6) is 0.471. The van der Waals surface area contributed by atoms with Gasteiger partial charge in [-0.25, -0.2) is 4.98 Å². The van der Waals surface area contributed by atoms with Gasteiger partial charge in [-0.1, -0.05) is 11.6 Å². The first-order valence-electron chi connectivity index (χ1n) is 7.85. The Morgan fingerprint density at radius 1 is 1.43 bits per heavy atom. The predicted molar refractivity (Wildman–Crippen MR) is 89.3 cm³/mol. The molecule has 1 fully saturated rings. The standard InChI is InChI=1S/C17H20ClN3O2/c1-11-15(3-2-8-19-11)21-16(22)9-14-10-23-17(20-14)12-4-6-13(18)7-5-12/h4-7,10-11,15,19H,2-3,8-9H2,1H3,(H,21,22). The molecular formula is C17H20ClN3O2. The molecule has 2 heterocycles. The maximum absolute atomic E-state index is 12.2. The van der Waals surface area contributed by atoms with Crippen LogP contribution in [-0.2, 0) is 11.2 Å². The molecule has 2 atom stereocenters. The van der Waals surface area contributed by atoms with Crippen LogP contribution < -0.4 is 10.6 Å². The van der Waals surface area contributed by atoms with Gasteiger partial charge < -0.3 is 15.1 Å². The summed E-state index contributed by atoms with van der Waals surface area (Å²) in [5, 5.41) is 7.11. The van der Waals surface area contributed by atoms with E-state index in [9.17, 15) is 4.79 Å². The lowest BCUT2D eigenvalue weighted by atomic mass is 10.00. The van der Waals surface area contributed by atoms with E-state index in [1.165, 1.54) is 6.26 Å². The van der Waals surface area contributed by atoms with Gasteiger partial charge in [-0.3, -0.25) is 4.79 Å². The third kappa shape index (κ3) is 4.12. The Labute approximate surface area is 140 Å². The van der Waals surface area contributed by atoms with Crippen LogP contribution in [0.2, 0.25) is 5.02 Å². The van der Waals surface area contributed by atoms with Crippen molar-refractivity contribution in [3.63, 3.8) is 0 Å². The molecule has 1 aromatic heterocycles. The molecule has 1 aliphatic heterocycles. The Morgan fingerprint density at radius 3 is 2.96 bits per heavy atom. The highest BCUT2D eigenvalue weighted by Crippen LogP contribution is 2.21. The van der Waals surface area contributed by atoms with Gasteiger partial charge in [0.1, 0.15) is 6.26 Å². The Bertz CT molecular complexity index is 669. The Hall–Kier alpha value is -1.85. The lowest BCUT2D eigenvalue weighted by molar-refractivity contribution is -0.121. The molecule has 0 saturated carbocycles. The quantitative estimate of drug-likeness (QED) is 0.903. The van der Waals surface area contributed by atoms with Crippen LogP contribution in [0.3, 0.4) is 0 Å². The van der Waals surface area contributed by atoms with Gasteiger partial charge in [0.15, 0.2) is 0 Å². The predicted octanol–water partition coefficient (Wildman–Crippen LogP) is 2.79. The van der Waals surface area contributed by atoms with E-state index in [0.29, 0.717) is 22.6 Å². The van der Waals surface area contributed by atoms with Crippen LogP contribution in [-0.4, -0.2) is 29.5 Å². The Morgan fingerprint density at radius 2 is 2.22 bits per heavy atom. The van der Waals surface area contributed by atoms with Gasteiger partial charge in [0, 0.05) is 22.7 Å². The summed E-state index contributed by atoms with van der Waals surface area (Å²) < 4.78 is 5.46. The lowest BCUT2D eigenvalue weighted by Gasteiger charge is -2.30. The van der Waals surface area contributed by atoms with E-state index < -0.39 is 0 Å². The summed E-state index contributed by atoms with van der Waals surface area (Å²) in [7, 11) is 0. The maximum Gasteiger partial charge on any atom is 0.226 e. The fourth-order valence-corrected chi connectivity index (χ4v) is 2.90. The first kappa shape index (κ1) is 16.0. The number of hydrogen-bond acceptors (Lipinski definition) is 4. The van der Waals surface area contributed by atoms with Crippen molar-refractivity contribution in [1.82, 2.24) is 15.6 Å². The van der Waals surface area contributed by atoms with Crippen molar-refractivity contribution in [3.8, 4) is 11.5 Å². The molecule has 3 rings (SSSR count). The molecule has 23 heavy (non-hydrogen) atoms. The number of hydrogen-bond donors (Lipinski definition) is 2. The molecule has 2 unspecified atom stereocenters. The van der Waals surface area contributed by atoms with Crippen LogP contribution in [0.15, 0.2) is 34.9 Å². The molecule has 0 radical (unpaired) electrons. The van der Waals surface area contributed by atoms with Crippen LogP contribution in [0.25, 0.3) is 11.5 Å². The fourth-order valence-electron chi connectivity index (χ4n) is 2.78. The lowest BCUT2D eigenvalue weighted by Crippen LogP contribution is -2.52. The van der Waals surface area contributed by atoms with Crippen molar-refractivity contribution >= 4 is 17.5 Å². The number of aromatic nitrogens is 1. The van der Waals surface area contributed by atoms with Crippen molar-refractivity contribution in [2.45, 2.75) is 38.3 Å². The molecule has 2 N–H and O–H groups in total. The van der Waals surface area contributed by atoms with E-state index in [0.717, 1.165) is 24.9 Å². The highest BCUT2D eigenvalue weighted by molar-refractivity contribution is 6.30. The summed E-state index contributed by atoms with van der Waals surface area (Å²) in [5.41, 5.74) is 1.47. The number of amides is 1. The van der Waals surface area contributed by atoms with Crippen LogP contribution >= 0.6 is 11.6 Å². The van der Waals surface area contributed by atoms with Gasteiger partial charge in [0.25, 0.3) is 0 Å². The molecule has 1 aromatic carbocycles. The molecule has 1 aliphatic rings. The van der Waals surface area contributed by atoms with Gasteiger partial charge in [0.2, 0.25) is 11.8 Å². The van der Waals surface area contributed by atoms with E-state index >= 15 is 0 Å². The number of carbonyl (C=O) groups excluding carboxylic acids is 1. The van der Waals surface area contributed by atoms with E-state index in [2.05, 4.69) is 22.5 Å². The van der Waals surface area contributed by atoms with Crippen molar-refractivity contribution in [2.24, 2.45) is 0 Å². The Balaban J connectivity index is 1.60. The molecule has 1 saturated heterocycles. The first-order valence-corrected chi connectivity index (χ1v) is 8.23. The molecular weight excluding hydrogens is 314 g/mol. The number of nitrogens with zero attached hydrogens (tertiary/aromatic N) is 1. The zero-order chi connectivity index (χ0) is 16.2. The minimum absolute atomic E-state index is 0.0264. The SMILES string of the molecule is CC1NCCCC1NC(=O)Cc1coc(-c2ccc(Cl)cc2)n1. The van der Waals surface area contributed by atoms with E-state index in [-0.39, 0.29) is 18.4 Å². The van der Waals surface area contributed by atoms with Gasteiger partial charge in [0.05, 0.1) is 12.1 Å². The monoisotopic (exact) mass is 333 g/mol. The minimum Gasteiger partial charge on any atom is -0.444 e. The van der Waals surface area contributed by atoms with Crippen molar-refractivity contribution in [3.05, 3.63) is 41.2 Å². The summed E-state index contributed by atoms with van der Waals surface area (Å²) in [4.78, 5) is 16.6. The second-order valence-corrected chi connectivity index (χ2v) is 6.32. The van der Waals surface area contributed by atoms with Crippen LogP contribution in [0.5, 0.6) is 0 Å². The van der Waals surface area contributed by atoms with Crippen molar-refractivity contribution in [2.75, 3.05) is 6.54 Å². The van der Waals surface area contributed by atoms with Gasteiger partial charge in [-0.15, -0.1) is 0 Å². The van der Waals surface area contributed by atoms with Gasteiger partial charge in [-0.05, 0) is 50.6 Å². The summed E-state index contributed by atoms with van der Waals surface area (Å²) in [6.45, 7) is 3.11. The van der Waals surface area contributed by atoms with Crippen molar-refractivity contribution < 1.29 is 9.21 Å². The second kappa shape index (κ2) is 7.15. The molecule has 0 spiro atoms. The zero-order valence-corrected chi connectivity index (χ0v) is 13.8. The van der Waals surface area contributed by atoms with Crippen LogP contribution in [0, 0.1) is 0 Å². The van der Waals surface area contributed by atoms with Crippen molar-refractivity contribution in [1.29, 1.82) is 0 Å². The molecule has 5 nitrogen and oxygen atoms in total. The normalized spacial score (nSPS) is 21.1. The third-order valence-corrected chi connectivity index (χ3v) is 4.34. The average molecular weight is 334 g/mol. The Kier molecular flexibility index (Phi) is 4.98. The number of nitrogens with one attached hydrogen (secondary N) is 2. The number of rotatable bonds is 4. The summed E-state index contributed by atoms with van der Waals surface area (Å²) in [6, 6.07) is 7.73. The molecule has 0 aliphatic carbocycles. The van der Waals surface area contributed by atoms with E-state index in [4.69, 9.17) is 16.0 Å². The highest BCUT2D eigenvalue weighted by Gasteiger charge is 2.22. The average Bonchev–Trinajstić information content (AvgIpc) is 2.98. The molecule has 1 amide bonds. The molecule has 122 valence electrons. The van der Waals surface area contributed by atoms with Crippen LogP contribution in [0.4, 0.5) is 0 Å². The van der Waals surface area contributed by atoms with Gasteiger partial charge in [-0.2, -0.15) is 0 Å². The largest absolute Gasteiger partial charge is 0.444 e. The molecule has 6 heteroatoms. The smallest absolute Gasteiger partial charge is 0.226 e. The van der Waals surface area contributed by atoms with E-state index in [1.54, 1.807) is 12.1 Å². The summed E-state index contributed by atoms with van der Waals surface area (Å²) in [6.07, 6.45) is 3.85. The van der Waals surface area contributed by atoms with Gasteiger partial charge >= 0.3 is 0 Å². The number of benzene rings is 1. The maximum atomic E-state index is 12.2. The molecule has 2 aromatic rings. The zero-order valence-electron chi connectivity index (χ0n) is 13.0. The van der Waals surface area contributed by atoms with E-state index in [1.807, 2.05) is 12.1 Å². The molecule has 0 bridgehead atoms. The van der Waals surface area contributed by atoms with Crippen LogP contribution in [0.1, 0.15) is 25.5 Å². The topological polar surface area (TPSA) is 67.2 Å². The number of halogens is 1. The number of carbonyl (C=O) groups is 1. The second-order valence-electron chi connectivity index (χ2n) is 5.89. The fraction of sp³-hybridized carbons (Fsp3) is 0.412. The number of piperidine rings is 1. The third-order valence-electron chi connectivity index (χ3n) is 4.09. The first-order chi connectivity index (χ1) is 11.1. The summed E-state index contributed by atoms with van der Waals surface area (Å²) >= 11 is 5.87.